The highest BCUT2D eigenvalue weighted by molar-refractivity contribution is 5.47. The second-order valence-corrected chi connectivity index (χ2v) is 5.32. The Morgan fingerprint density at radius 1 is 1.16 bits per heavy atom. The Morgan fingerprint density at radius 3 is 2.37 bits per heavy atom. The third-order valence-electron chi connectivity index (χ3n) is 3.79. The summed E-state index contributed by atoms with van der Waals surface area (Å²) in [5, 5.41) is 8.96. The number of nitriles is 1. The Balaban J connectivity index is 2.13. The number of nitrogens with zero attached hydrogens (tertiary/aromatic N) is 1. The molecule has 102 valence electrons. The Kier molecular flexibility index (Phi) is 4.44. The molecule has 1 aromatic carbocycles. The van der Waals surface area contributed by atoms with Crippen LogP contribution in [0.25, 0.3) is 0 Å². The number of methoxy groups -OCH3 is 1. The molecule has 1 aliphatic rings. The third kappa shape index (κ3) is 3.27. The standard InChI is InChI=1S/C16H21NO2/c1-11-7-13(10-17)8-12(2)16(11)19-15-6-4-5-14(9-15)18-3/h7-8,14-15H,4-6,9H2,1-3H3. The summed E-state index contributed by atoms with van der Waals surface area (Å²) in [4.78, 5) is 0. The van der Waals surface area contributed by atoms with E-state index < -0.39 is 0 Å². The zero-order valence-electron chi connectivity index (χ0n) is 11.9. The fourth-order valence-electron chi connectivity index (χ4n) is 2.79. The van der Waals surface area contributed by atoms with Crippen molar-refractivity contribution in [1.29, 1.82) is 5.26 Å². The van der Waals surface area contributed by atoms with Crippen molar-refractivity contribution < 1.29 is 9.47 Å². The van der Waals surface area contributed by atoms with E-state index in [2.05, 4.69) is 6.07 Å². The van der Waals surface area contributed by atoms with Gasteiger partial charge in [-0.25, -0.2) is 0 Å². The number of ether oxygens (including phenoxy) is 2. The maximum Gasteiger partial charge on any atom is 0.125 e. The lowest BCUT2D eigenvalue weighted by Gasteiger charge is -2.29. The molecule has 2 rings (SSSR count). The molecular weight excluding hydrogens is 238 g/mol. The van der Waals surface area contributed by atoms with Crippen LogP contribution in [0.3, 0.4) is 0 Å². The van der Waals surface area contributed by atoms with Crippen molar-refractivity contribution >= 4 is 0 Å². The van der Waals surface area contributed by atoms with Gasteiger partial charge in [-0.05, 0) is 56.4 Å². The van der Waals surface area contributed by atoms with Gasteiger partial charge in [0.15, 0.2) is 0 Å². The summed E-state index contributed by atoms with van der Waals surface area (Å²) in [5.74, 6) is 0.931. The molecule has 1 saturated carbocycles. The van der Waals surface area contributed by atoms with Crippen molar-refractivity contribution in [2.45, 2.75) is 51.7 Å². The number of rotatable bonds is 3. The molecule has 3 heteroatoms. The van der Waals surface area contributed by atoms with Crippen molar-refractivity contribution in [3.63, 3.8) is 0 Å². The molecular formula is C16H21NO2. The summed E-state index contributed by atoms with van der Waals surface area (Å²) in [5.41, 5.74) is 2.77. The summed E-state index contributed by atoms with van der Waals surface area (Å²) >= 11 is 0. The second kappa shape index (κ2) is 6.08. The highest BCUT2D eigenvalue weighted by Crippen LogP contribution is 2.30. The van der Waals surface area contributed by atoms with Gasteiger partial charge in [0.2, 0.25) is 0 Å². The molecule has 0 aromatic heterocycles. The van der Waals surface area contributed by atoms with Crippen molar-refractivity contribution in [1.82, 2.24) is 0 Å². The topological polar surface area (TPSA) is 42.2 Å². The lowest BCUT2D eigenvalue weighted by Crippen LogP contribution is -2.29. The van der Waals surface area contributed by atoms with Gasteiger partial charge in [-0.1, -0.05) is 0 Å². The molecule has 19 heavy (non-hydrogen) atoms. The molecule has 1 aromatic rings. The van der Waals surface area contributed by atoms with Crippen LogP contribution in [0.5, 0.6) is 5.75 Å². The van der Waals surface area contributed by atoms with E-state index in [0.717, 1.165) is 42.6 Å². The van der Waals surface area contributed by atoms with Gasteiger partial charge in [0, 0.05) is 13.5 Å². The van der Waals surface area contributed by atoms with Gasteiger partial charge >= 0.3 is 0 Å². The number of aryl methyl sites for hydroxylation is 2. The van der Waals surface area contributed by atoms with Crippen LogP contribution in [-0.2, 0) is 4.74 Å². The first-order valence-electron chi connectivity index (χ1n) is 6.85. The van der Waals surface area contributed by atoms with E-state index in [1.807, 2.05) is 26.0 Å². The van der Waals surface area contributed by atoms with Gasteiger partial charge in [-0.3, -0.25) is 0 Å². The lowest BCUT2D eigenvalue weighted by molar-refractivity contribution is 0.0205. The van der Waals surface area contributed by atoms with Gasteiger partial charge < -0.3 is 9.47 Å². The molecule has 2 unspecified atom stereocenters. The Morgan fingerprint density at radius 2 is 1.79 bits per heavy atom. The molecule has 1 aliphatic carbocycles. The van der Waals surface area contributed by atoms with Crippen LogP contribution < -0.4 is 4.74 Å². The van der Waals surface area contributed by atoms with Crippen LogP contribution in [0.1, 0.15) is 42.4 Å². The van der Waals surface area contributed by atoms with Crippen molar-refractivity contribution in [2.24, 2.45) is 0 Å². The molecule has 2 atom stereocenters. The average Bonchev–Trinajstić information content (AvgIpc) is 2.42. The molecule has 0 aliphatic heterocycles. The SMILES string of the molecule is COC1CCCC(Oc2c(C)cc(C#N)cc2C)C1. The summed E-state index contributed by atoms with van der Waals surface area (Å²) in [6.07, 6.45) is 4.86. The molecule has 0 bridgehead atoms. The van der Waals surface area contributed by atoms with Gasteiger partial charge in [0.1, 0.15) is 11.9 Å². The minimum atomic E-state index is 0.226. The fraction of sp³-hybridized carbons (Fsp3) is 0.562. The number of hydrogen-bond acceptors (Lipinski definition) is 3. The van der Waals surface area contributed by atoms with E-state index in [0.29, 0.717) is 11.7 Å². The van der Waals surface area contributed by atoms with Crippen LogP contribution in [0.4, 0.5) is 0 Å². The second-order valence-electron chi connectivity index (χ2n) is 5.32. The van der Waals surface area contributed by atoms with Crippen LogP contribution in [0.15, 0.2) is 12.1 Å². The quantitative estimate of drug-likeness (QED) is 0.834. The maximum atomic E-state index is 8.96. The minimum Gasteiger partial charge on any atom is -0.490 e. The first-order chi connectivity index (χ1) is 9.13. The summed E-state index contributed by atoms with van der Waals surface area (Å²) in [6.45, 7) is 4.00. The largest absolute Gasteiger partial charge is 0.490 e. The van der Waals surface area contributed by atoms with Crippen molar-refractivity contribution in [3.8, 4) is 11.8 Å². The first-order valence-corrected chi connectivity index (χ1v) is 6.85. The van der Waals surface area contributed by atoms with Crippen LogP contribution in [0.2, 0.25) is 0 Å². The predicted octanol–water partition coefficient (Wildman–Crippen LogP) is 3.51. The highest BCUT2D eigenvalue weighted by atomic mass is 16.5. The van der Waals surface area contributed by atoms with Crippen molar-refractivity contribution in [2.75, 3.05) is 7.11 Å². The molecule has 0 radical (unpaired) electrons. The number of benzene rings is 1. The molecule has 0 spiro atoms. The van der Waals surface area contributed by atoms with Crippen molar-refractivity contribution in [3.05, 3.63) is 28.8 Å². The van der Waals surface area contributed by atoms with Crippen LogP contribution in [0, 0.1) is 25.2 Å². The van der Waals surface area contributed by atoms with E-state index >= 15 is 0 Å². The van der Waals surface area contributed by atoms with E-state index in [9.17, 15) is 0 Å². The van der Waals surface area contributed by atoms with Crippen LogP contribution in [-0.4, -0.2) is 19.3 Å². The van der Waals surface area contributed by atoms with E-state index in [1.165, 1.54) is 0 Å². The fourth-order valence-corrected chi connectivity index (χ4v) is 2.79. The lowest BCUT2D eigenvalue weighted by atomic mass is 9.94. The highest BCUT2D eigenvalue weighted by Gasteiger charge is 2.24. The minimum absolute atomic E-state index is 0.226. The van der Waals surface area contributed by atoms with E-state index in [1.54, 1.807) is 7.11 Å². The van der Waals surface area contributed by atoms with Gasteiger partial charge in [-0.2, -0.15) is 5.26 Å². The van der Waals surface area contributed by atoms with Crippen LogP contribution >= 0.6 is 0 Å². The number of hydrogen-bond donors (Lipinski definition) is 0. The van der Waals surface area contributed by atoms with Gasteiger partial charge in [0.25, 0.3) is 0 Å². The van der Waals surface area contributed by atoms with Gasteiger partial charge in [0.05, 0.1) is 17.7 Å². The monoisotopic (exact) mass is 259 g/mol. The molecule has 3 nitrogen and oxygen atoms in total. The predicted molar refractivity (Wildman–Crippen MR) is 74.3 cm³/mol. The van der Waals surface area contributed by atoms with E-state index in [4.69, 9.17) is 14.7 Å². The Labute approximate surface area is 115 Å². The maximum absolute atomic E-state index is 8.96. The Hall–Kier alpha value is -1.53. The molecule has 0 heterocycles. The summed E-state index contributed by atoms with van der Waals surface area (Å²) in [6, 6.07) is 5.96. The smallest absolute Gasteiger partial charge is 0.125 e. The molecule has 0 amide bonds. The molecule has 0 N–H and O–H groups in total. The molecule has 0 saturated heterocycles. The van der Waals surface area contributed by atoms with Gasteiger partial charge in [-0.15, -0.1) is 0 Å². The average molecular weight is 259 g/mol. The van der Waals surface area contributed by atoms with E-state index in [-0.39, 0.29) is 6.10 Å². The zero-order valence-corrected chi connectivity index (χ0v) is 11.9. The Bertz CT molecular complexity index is 467. The normalized spacial score (nSPS) is 22.8. The molecule has 1 fully saturated rings. The third-order valence-corrected chi connectivity index (χ3v) is 3.79. The first kappa shape index (κ1) is 13.9. The summed E-state index contributed by atoms with van der Waals surface area (Å²) < 4.78 is 11.6. The summed E-state index contributed by atoms with van der Waals surface area (Å²) in [7, 11) is 1.77. The zero-order chi connectivity index (χ0) is 13.8.